The lowest BCUT2D eigenvalue weighted by molar-refractivity contribution is 0.102. The molecule has 0 saturated carbocycles. The predicted octanol–water partition coefficient (Wildman–Crippen LogP) is 3.52. The second kappa shape index (κ2) is 6.86. The molecule has 24 heavy (non-hydrogen) atoms. The van der Waals surface area contributed by atoms with Crippen LogP contribution in [0.4, 0.5) is 5.69 Å². The molecule has 0 aliphatic carbocycles. The van der Waals surface area contributed by atoms with Crippen molar-refractivity contribution in [2.75, 3.05) is 26.6 Å². The average molecular weight is 332 g/mol. The van der Waals surface area contributed by atoms with E-state index in [1.54, 1.807) is 18.2 Å². The van der Waals surface area contributed by atoms with Crippen molar-refractivity contribution in [3.8, 4) is 17.2 Å². The summed E-state index contributed by atoms with van der Waals surface area (Å²) in [6.07, 6.45) is 3.72. The Morgan fingerprint density at radius 2 is 1.62 bits per heavy atom. The Balaban J connectivity index is 2.27. The predicted molar refractivity (Wildman–Crippen MR) is 93.5 cm³/mol. The van der Waals surface area contributed by atoms with Crippen molar-refractivity contribution < 1.29 is 19.0 Å². The summed E-state index contributed by atoms with van der Waals surface area (Å²) in [6, 6.07) is 5.18. The maximum atomic E-state index is 12.5. The zero-order chi connectivity index (χ0) is 17.9. The number of nitrogens with one attached hydrogen (secondary N) is 1. The number of ether oxygens (including phenoxy) is 3. The first-order valence-corrected chi connectivity index (χ1v) is 7.60. The Hall–Kier alpha value is -2.63. The van der Waals surface area contributed by atoms with Crippen LogP contribution in [0.1, 0.15) is 31.1 Å². The van der Waals surface area contributed by atoms with Crippen molar-refractivity contribution in [1.82, 2.24) is 4.57 Å². The van der Waals surface area contributed by atoms with Gasteiger partial charge in [-0.25, -0.2) is 0 Å². The van der Waals surface area contributed by atoms with Crippen molar-refractivity contribution in [3.63, 3.8) is 0 Å². The van der Waals surface area contributed by atoms with Crippen molar-refractivity contribution >= 4 is 11.6 Å². The lowest BCUT2D eigenvalue weighted by Gasteiger charge is -2.20. The lowest BCUT2D eigenvalue weighted by atomic mass is 10.1. The van der Waals surface area contributed by atoms with Gasteiger partial charge >= 0.3 is 0 Å². The first-order chi connectivity index (χ1) is 11.3. The highest BCUT2D eigenvalue weighted by atomic mass is 16.5. The summed E-state index contributed by atoms with van der Waals surface area (Å²) in [5, 5.41) is 2.86. The summed E-state index contributed by atoms with van der Waals surface area (Å²) < 4.78 is 17.9. The van der Waals surface area contributed by atoms with E-state index in [1.165, 1.54) is 21.3 Å². The molecule has 6 heteroatoms. The molecule has 1 aromatic heterocycles. The Kier molecular flexibility index (Phi) is 5.07. The van der Waals surface area contributed by atoms with Gasteiger partial charge in [0.05, 0.1) is 26.9 Å². The van der Waals surface area contributed by atoms with Gasteiger partial charge in [0.15, 0.2) is 11.5 Å². The van der Waals surface area contributed by atoms with E-state index < -0.39 is 0 Å². The van der Waals surface area contributed by atoms with Crippen LogP contribution in [0.25, 0.3) is 0 Å². The van der Waals surface area contributed by atoms with Gasteiger partial charge in [0.1, 0.15) is 0 Å². The highest BCUT2D eigenvalue weighted by Gasteiger charge is 2.17. The molecule has 6 nitrogen and oxygen atoms in total. The number of hydrogen-bond donors (Lipinski definition) is 1. The number of hydrogen-bond acceptors (Lipinski definition) is 4. The highest BCUT2D eigenvalue weighted by Crippen LogP contribution is 2.40. The van der Waals surface area contributed by atoms with Gasteiger partial charge in [-0.3, -0.25) is 4.79 Å². The summed E-state index contributed by atoms with van der Waals surface area (Å²) in [4.78, 5) is 12.5. The van der Waals surface area contributed by atoms with Crippen molar-refractivity contribution in [1.29, 1.82) is 0 Å². The zero-order valence-electron chi connectivity index (χ0n) is 15.0. The van der Waals surface area contributed by atoms with E-state index in [1.807, 2.05) is 17.0 Å². The molecule has 1 amide bonds. The van der Waals surface area contributed by atoms with Crippen LogP contribution in [0, 0.1) is 0 Å². The molecular weight excluding hydrogens is 308 g/mol. The minimum absolute atomic E-state index is 0.0783. The second-order valence-electron chi connectivity index (χ2n) is 6.35. The normalized spacial score (nSPS) is 11.1. The van der Waals surface area contributed by atoms with Crippen molar-refractivity contribution in [2.45, 2.75) is 26.3 Å². The van der Waals surface area contributed by atoms with Crippen LogP contribution >= 0.6 is 0 Å². The molecule has 0 atom stereocenters. The topological polar surface area (TPSA) is 61.7 Å². The van der Waals surface area contributed by atoms with Crippen LogP contribution in [0.15, 0.2) is 30.6 Å². The molecule has 0 spiro atoms. The van der Waals surface area contributed by atoms with E-state index >= 15 is 0 Å². The molecule has 1 aromatic carbocycles. The van der Waals surface area contributed by atoms with E-state index in [-0.39, 0.29) is 11.4 Å². The quantitative estimate of drug-likeness (QED) is 0.910. The van der Waals surface area contributed by atoms with Crippen LogP contribution in [0.5, 0.6) is 17.2 Å². The van der Waals surface area contributed by atoms with Crippen LogP contribution < -0.4 is 19.5 Å². The third-order valence-corrected chi connectivity index (χ3v) is 3.65. The van der Waals surface area contributed by atoms with Crippen LogP contribution in [0.2, 0.25) is 0 Å². The molecule has 0 aliphatic heterocycles. The summed E-state index contributed by atoms with van der Waals surface area (Å²) >= 11 is 0. The van der Waals surface area contributed by atoms with Gasteiger partial charge in [-0.2, -0.15) is 0 Å². The highest BCUT2D eigenvalue weighted by molar-refractivity contribution is 6.04. The zero-order valence-corrected chi connectivity index (χ0v) is 15.0. The first-order valence-electron chi connectivity index (χ1n) is 7.60. The van der Waals surface area contributed by atoms with Gasteiger partial charge in [0, 0.05) is 35.8 Å². The molecule has 2 aromatic rings. The minimum Gasteiger partial charge on any atom is -0.493 e. The molecule has 0 fully saturated rings. The summed E-state index contributed by atoms with van der Waals surface area (Å²) in [5.41, 5.74) is 1.07. The fraction of sp³-hybridized carbons (Fsp3) is 0.389. The lowest BCUT2D eigenvalue weighted by Crippen LogP contribution is -2.20. The van der Waals surface area contributed by atoms with Crippen LogP contribution in [-0.2, 0) is 5.54 Å². The number of rotatable bonds is 5. The molecule has 0 radical (unpaired) electrons. The smallest absolute Gasteiger partial charge is 0.257 e. The van der Waals surface area contributed by atoms with E-state index in [0.29, 0.717) is 28.5 Å². The van der Waals surface area contributed by atoms with Gasteiger partial charge < -0.3 is 24.1 Å². The monoisotopic (exact) mass is 332 g/mol. The second-order valence-corrected chi connectivity index (χ2v) is 6.35. The largest absolute Gasteiger partial charge is 0.493 e. The Bertz CT molecular complexity index is 704. The third-order valence-electron chi connectivity index (χ3n) is 3.65. The SMILES string of the molecule is COc1cc(NC(=O)c2ccn(C(C)(C)C)c2)cc(OC)c1OC. The minimum atomic E-state index is -0.202. The van der Waals surface area contributed by atoms with E-state index in [9.17, 15) is 4.79 Å². The summed E-state index contributed by atoms with van der Waals surface area (Å²) in [6.45, 7) is 6.23. The van der Waals surface area contributed by atoms with Crippen molar-refractivity contribution in [3.05, 3.63) is 36.2 Å². The maximum Gasteiger partial charge on any atom is 0.257 e. The van der Waals surface area contributed by atoms with Gasteiger partial charge in [-0.15, -0.1) is 0 Å². The van der Waals surface area contributed by atoms with Gasteiger partial charge in [0.25, 0.3) is 5.91 Å². The Labute approximate surface area is 142 Å². The van der Waals surface area contributed by atoms with Crippen molar-refractivity contribution in [2.24, 2.45) is 0 Å². The van der Waals surface area contributed by atoms with Crippen LogP contribution in [0.3, 0.4) is 0 Å². The van der Waals surface area contributed by atoms with Crippen LogP contribution in [-0.4, -0.2) is 31.8 Å². The number of anilines is 1. The van der Waals surface area contributed by atoms with Gasteiger partial charge in [-0.05, 0) is 26.8 Å². The molecule has 130 valence electrons. The number of aromatic nitrogens is 1. The van der Waals surface area contributed by atoms with E-state index in [0.717, 1.165) is 0 Å². The molecule has 0 saturated heterocycles. The van der Waals surface area contributed by atoms with Gasteiger partial charge in [-0.1, -0.05) is 0 Å². The summed E-state index contributed by atoms with van der Waals surface area (Å²) in [5.74, 6) is 1.25. The number of benzene rings is 1. The first kappa shape index (κ1) is 17.7. The molecule has 0 bridgehead atoms. The molecule has 2 rings (SSSR count). The number of methoxy groups -OCH3 is 3. The Morgan fingerprint density at radius 3 is 2.04 bits per heavy atom. The standard InChI is InChI=1S/C18H24N2O4/c1-18(2,3)20-8-7-12(11-20)17(21)19-13-9-14(22-4)16(24-6)15(10-13)23-5/h7-11H,1-6H3,(H,19,21). The van der Waals surface area contributed by atoms with E-state index in [4.69, 9.17) is 14.2 Å². The number of carbonyl (C=O) groups is 1. The molecule has 1 heterocycles. The fourth-order valence-corrected chi connectivity index (χ4v) is 2.30. The Morgan fingerprint density at radius 1 is 1.04 bits per heavy atom. The van der Waals surface area contributed by atoms with Gasteiger partial charge in [0.2, 0.25) is 5.75 Å². The fourth-order valence-electron chi connectivity index (χ4n) is 2.30. The number of amides is 1. The molecule has 0 unspecified atom stereocenters. The number of carbonyl (C=O) groups excluding carboxylic acids is 1. The molecule has 0 aliphatic rings. The maximum absolute atomic E-state index is 12.5. The van der Waals surface area contributed by atoms with E-state index in [2.05, 4.69) is 26.1 Å². The molecular formula is C18H24N2O4. The third kappa shape index (κ3) is 3.64. The summed E-state index contributed by atoms with van der Waals surface area (Å²) in [7, 11) is 4.60. The molecule has 1 N–H and O–H groups in total. The average Bonchev–Trinajstić information content (AvgIpc) is 3.04. The number of nitrogens with zero attached hydrogens (tertiary/aromatic N) is 1.